The van der Waals surface area contributed by atoms with E-state index in [4.69, 9.17) is 10.5 Å². The molecule has 6 nitrogen and oxygen atoms in total. The number of carbonyl (C=O) groups is 1. The average Bonchev–Trinajstić information content (AvgIpc) is 2.75. The summed E-state index contributed by atoms with van der Waals surface area (Å²) in [7, 11) is 0. The molecule has 6 heteroatoms. The van der Waals surface area contributed by atoms with Crippen LogP contribution in [0.25, 0.3) is 0 Å². The summed E-state index contributed by atoms with van der Waals surface area (Å²) in [4.78, 5) is 13.6. The van der Waals surface area contributed by atoms with Crippen LogP contribution in [0, 0.1) is 29.6 Å². The molecule has 1 rings (SSSR count). The minimum atomic E-state index is -0.193. The Morgan fingerprint density at radius 1 is 1.41 bits per heavy atom. The molecular formula is C11H13N5O. The first-order chi connectivity index (χ1) is 8.20. The van der Waals surface area contributed by atoms with Gasteiger partial charge in [0.05, 0.1) is 36.7 Å². The van der Waals surface area contributed by atoms with Gasteiger partial charge >= 0.3 is 0 Å². The van der Waals surface area contributed by atoms with E-state index in [1.165, 1.54) is 11.1 Å². The number of aryl methyl sites for hydroxylation is 1. The Hall–Kier alpha value is -2.34. The molecule has 0 atom stereocenters. The summed E-state index contributed by atoms with van der Waals surface area (Å²) in [6.07, 6.45) is 1.98. The van der Waals surface area contributed by atoms with Crippen molar-refractivity contribution in [2.45, 2.75) is 19.8 Å². The van der Waals surface area contributed by atoms with Gasteiger partial charge in [-0.25, -0.2) is 0 Å². The Morgan fingerprint density at radius 2 is 2.00 bits per heavy atom. The van der Waals surface area contributed by atoms with Gasteiger partial charge in [-0.2, -0.15) is 15.6 Å². The fourth-order valence-electron chi connectivity index (χ4n) is 1.42. The fraction of sp³-hybridized carbons (Fsp3) is 0.455. The molecule has 0 aliphatic carbocycles. The second kappa shape index (κ2) is 6.29. The zero-order chi connectivity index (χ0) is 12.7. The zero-order valence-electron chi connectivity index (χ0n) is 9.60. The Bertz CT molecular complexity index is 447. The number of nitrogens with one attached hydrogen (secondary N) is 1. The number of carbonyl (C=O) groups excluding carboxylic acids is 1. The van der Waals surface area contributed by atoms with Crippen LogP contribution in [0.3, 0.4) is 0 Å². The van der Waals surface area contributed by atoms with Gasteiger partial charge in [0.25, 0.3) is 5.91 Å². The second-order valence-electron chi connectivity index (χ2n) is 3.52. The van der Waals surface area contributed by atoms with E-state index in [2.05, 4.69) is 10.2 Å². The van der Waals surface area contributed by atoms with Crippen molar-refractivity contribution in [3.05, 3.63) is 17.5 Å². The van der Waals surface area contributed by atoms with E-state index in [0.29, 0.717) is 24.3 Å². The van der Waals surface area contributed by atoms with Gasteiger partial charge < -0.3 is 4.90 Å². The van der Waals surface area contributed by atoms with Crippen molar-refractivity contribution in [3.8, 4) is 12.1 Å². The Labute approximate surface area is 99.5 Å². The zero-order valence-corrected chi connectivity index (χ0v) is 9.60. The lowest BCUT2D eigenvalue weighted by molar-refractivity contribution is 0.0762. The SMILES string of the molecule is Cc1[nH]ncc1C(=O)N(CCC#N)CCC#N. The number of nitriles is 2. The normalized spacial score (nSPS) is 9.35. The highest BCUT2D eigenvalue weighted by molar-refractivity contribution is 5.95. The van der Waals surface area contributed by atoms with Crippen LogP contribution in [0.4, 0.5) is 0 Å². The third-order valence-corrected chi connectivity index (χ3v) is 2.33. The summed E-state index contributed by atoms with van der Waals surface area (Å²) in [5, 5.41) is 23.5. The molecule has 1 heterocycles. The van der Waals surface area contributed by atoms with E-state index in [0.717, 1.165) is 0 Å². The van der Waals surface area contributed by atoms with Gasteiger partial charge in [0.15, 0.2) is 0 Å². The largest absolute Gasteiger partial charge is 0.336 e. The van der Waals surface area contributed by atoms with Crippen LogP contribution in [-0.4, -0.2) is 34.1 Å². The van der Waals surface area contributed by atoms with Gasteiger partial charge in [-0.1, -0.05) is 0 Å². The average molecular weight is 231 g/mol. The quantitative estimate of drug-likeness (QED) is 0.817. The second-order valence-corrected chi connectivity index (χ2v) is 3.52. The highest BCUT2D eigenvalue weighted by Gasteiger charge is 2.18. The number of aromatic nitrogens is 2. The number of hydrogen-bond acceptors (Lipinski definition) is 4. The van der Waals surface area contributed by atoms with Gasteiger partial charge in [0, 0.05) is 18.8 Å². The summed E-state index contributed by atoms with van der Waals surface area (Å²) in [5.41, 5.74) is 1.18. The van der Waals surface area contributed by atoms with Crippen molar-refractivity contribution in [2.24, 2.45) is 0 Å². The van der Waals surface area contributed by atoms with Gasteiger partial charge in [0.1, 0.15) is 0 Å². The first kappa shape index (κ1) is 12.7. The van der Waals surface area contributed by atoms with Crippen LogP contribution in [0.2, 0.25) is 0 Å². The van der Waals surface area contributed by atoms with Gasteiger partial charge in [-0.3, -0.25) is 9.89 Å². The van der Waals surface area contributed by atoms with Crippen LogP contribution in [0.5, 0.6) is 0 Å². The van der Waals surface area contributed by atoms with Crippen molar-refractivity contribution in [1.82, 2.24) is 15.1 Å². The molecule has 1 N–H and O–H groups in total. The Balaban J connectivity index is 2.76. The predicted octanol–water partition coefficient (Wildman–Crippen LogP) is 0.988. The molecule has 0 spiro atoms. The molecule has 0 saturated carbocycles. The molecule has 0 radical (unpaired) electrons. The van der Waals surface area contributed by atoms with E-state index >= 15 is 0 Å². The third-order valence-electron chi connectivity index (χ3n) is 2.33. The number of nitrogens with zero attached hydrogens (tertiary/aromatic N) is 4. The molecule has 1 aromatic heterocycles. The topological polar surface area (TPSA) is 96.6 Å². The smallest absolute Gasteiger partial charge is 0.257 e. The molecule has 0 saturated heterocycles. The predicted molar refractivity (Wildman–Crippen MR) is 59.7 cm³/mol. The molecular weight excluding hydrogens is 218 g/mol. The molecule has 1 aromatic rings. The first-order valence-corrected chi connectivity index (χ1v) is 5.23. The number of aromatic amines is 1. The summed E-state index contributed by atoms with van der Waals surface area (Å²) >= 11 is 0. The third kappa shape index (κ3) is 3.32. The van der Waals surface area contributed by atoms with Crippen LogP contribution in [0.15, 0.2) is 6.20 Å². The summed E-state index contributed by atoms with van der Waals surface area (Å²) in [5.74, 6) is -0.193. The number of H-pyrrole nitrogens is 1. The lowest BCUT2D eigenvalue weighted by atomic mass is 10.2. The minimum absolute atomic E-state index is 0.193. The Morgan fingerprint density at radius 3 is 2.41 bits per heavy atom. The van der Waals surface area contributed by atoms with Crippen molar-refractivity contribution in [1.29, 1.82) is 10.5 Å². The summed E-state index contributed by atoms with van der Waals surface area (Å²) < 4.78 is 0. The molecule has 0 aliphatic rings. The maximum atomic E-state index is 12.1. The van der Waals surface area contributed by atoms with Crippen molar-refractivity contribution in [3.63, 3.8) is 0 Å². The van der Waals surface area contributed by atoms with Crippen LogP contribution >= 0.6 is 0 Å². The van der Waals surface area contributed by atoms with Crippen LogP contribution in [-0.2, 0) is 0 Å². The molecule has 88 valence electrons. The van der Waals surface area contributed by atoms with Crippen LogP contribution < -0.4 is 0 Å². The van der Waals surface area contributed by atoms with Crippen molar-refractivity contribution < 1.29 is 4.79 Å². The fourth-order valence-corrected chi connectivity index (χ4v) is 1.42. The van der Waals surface area contributed by atoms with E-state index in [-0.39, 0.29) is 18.7 Å². The van der Waals surface area contributed by atoms with E-state index in [9.17, 15) is 4.79 Å². The van der Waals surface area contributed by atoms with Gasteiger partial charge in [-0.05, 0) is 6.92 Å². The maximum absolute atomic E-state index is 12.1. The van der Waals surface area contributed by atoms with Crippen LogP contribution in [0.1, 0.15) is 28.9 Å². The lowest BCUT2D eigenvalue weighted by Gasteiger charge is -2.19. The highest BCUT2D eigenvalue weighted by Crippen LogP contribution is 2.08. The van der Waals surface area contributed by atoms with Gasteiger partial charge in [0.2, 0.25) is 0 Å². The highest BCUT2D eigenvalue weighted by atomic mass is 16.2. The lowest BCUT2D eigenvalue weighted by Crippen LogP contribution is -2.33. The van der Waals surface area contributed by atoms with E-state index in [1.807, 2.05) is 12.1 Å². The molecule has 0 fully saturated rings. The number of amides is 1. The maximum Gasteiger partial charge on any atom is 0.257 e. The van der Waals surface area contributed by atoms with Gasteiger partial charge in [-0.15, -0.1) is 0 Å². The standard InChI is InChI=1S/C11H13N5O/c1-9-10(8-14-15-9)11(17)16(6-2-4-12)7-3-5-13/h8H,2-3,6-7H2,1H3,(H,14,15). The number of hydrogen-bond donors (Lipinski definition) is 1. The monoisotopic (exact) mass is 231 g/mol. The number of rotatable bonds is 5. The van der Waals surface area contributed by atoms with Crippen molar-refractivity contribution in [2.75, 3.05) is 13.1 Å². The Kier molecular flexibility index (Phi) is 4.71. The molecule has 17 heavy (non-hydrogen) atoms. The van der Waals surface area contributed by atoms with E-state index < -0.39 is 0 Å². The summed E-state index contributed by atoms with van der Waals surface area (Å²) in [6.45, 7) is 2.43. The first-order valence-electron chi connectivity index (χ1n) is 5.23. The molecule has 0 aliphatic heterocycles. The van der Waals surface area contributed by atoms with E-state index in [1.54, 1.807) is 6.92 Å². The van der Waals surface area contributed by atoms with Crippen molar-refractivity contribution >= 4 is 5.91 Å². The molecule has 0 aromatic carbocycles. The molecule has 1 amide bonds. The minimum Gasteiger partial charge on any atom is -0.336 e. The molecule has 0 bridgehead atoms. The molecule has 0 unspecified atom stereocenters. The summed E-state index contributed by atoms with van der Waals surface area (Å²) in [6, 6.07) is 3.98.